The second kappa shape index (κ2) is 4.25. The lowest BCUT2D eigenvalue weighted by Crippen LogP contribution is -2.42. The number of rotatable bonds is 4. The number of aromatic nitrogens is 1. The van der Waals surface area contributed by atoms with Gasteiger partial charge in [0.15, 0.2) is 0 Å². The predicted molar refractivity (Wildman–Crippen MR) is 63.7 cm³/mol. The van der Waals surface area contributed by atoms with Gasteiger partial charge >= 0.3 is 11.7 Å². The summed E-state index contributed by atoms with van der Waals surface area (Å²) < 4.78 is 0. The first-order chi connectivity index (χ1) is 8.41. The maximum absolute atomic E-state index is 10.9. The summed E-state index contributed by atoms with van der Waals surface area (Å²) in [6.07, 6.45) is 4.04. The van der Waals surface area contributed by atoms with Crippen molar-refractivity contribution in [1.82, 2.24) is 4.98 Å². The third-order valence-corrected chi connectivity index (χ3v) is 3.19. The van der Waals surface area contributed by atoms with E-state index in [-0.39, 0.29) is 22.6 Å². The molecule has 0 spiro atoms. The Bertz CT molecular complexity index is 511. The standard InChI is InChI=1S/C11H13N3O4/c1-11(3-2-4-11)13-9-8(14(17)18)5-7(6-12-9)10(15)16/h5-6H,2-4H2,1H3,(H,12,13)(H,15,16). The normalized spacial score (nSPS) is 16.7. The van der Waals surface area contributed by atoms with Gasteiger partial charge in [-0.25, -0.2) is 9.78 Å². The molecule has 1 aliphatic rings. The third-order valence-electron chi connectivity index (χ3n) is 3.19. The average molecular weight is 251 g/mol. The van der Waals surface area contributed by atoms with E-state index in [4.69, 9.17) is 5.11 Å². The molecule has 2 rings (SSSR count). The SMILES string of the molecule is CC1(Nc2ncc(C(=O)O)cc2[N+](=O)[O-])CCC1. The van der Waals surface area contributed by atoms with E-state index in [1.807, 2.05) is 6.92 Å². The van der Waals surface area contributed by atoms with Crippen LogP contribution in [0.1, 0.15) is 36.5 Å². The van der Waals surface area contributed by atoms with Gasteiger partial charge in [0, 0.05) is 17.8 Å². The summed E-state index contributed by atoms with van der Waals surface area (Å²) in [5.41, 5.74) is -0.670. The second-order valence-electron chi connectivity index (χ2n) is 4.69. The van der Waals surface area contributed by atoms with Crippen LogP contribution in [-0.2, 0) is 0 Å². The number of carbonyl (C=O) groups is 1. The minimum absolute atomic E-state index is 0.132. The van der Waals surface area contributed by atoms with E-state index < -0.39 is 10.9 Å². The summed E-state index contributed by atoms with van der Waals surface area (Å²) in [5.74, 6) is -1.10. The summed E-state index contributed by atoms with van der Waals surface area (Å²) in [7, 11) is 0. The lowest BCUT2D eigenvalue weighted by Gasteiger charge is -2.39. The van der Waals surface area contributed by atoms with Crippen LogP contribution < -0.4 is 5.32 Å². The molecule has 0 radical (unpaired) electrons. The Kier molecular flexibility index (Phi) is 2.90. The van der Waals surface area contributed by atoms with Crippen molar-refractivity contribution in [3.05, 3.63) is 27.9 Å². The molecular formula is C11H13N3O4. The van der Waals surface area contributed by atoms with Crippen LogP contribution in [0.3, 0.4) is 0 Å². The first-order valence-corrected chi connectivity index (χ1v) is 5.57. The molecule has 1 aromatic rings. The molecule has 0 aromatic carbocycles. The van der Waals surface area contributed by atoms with E-state index in [9.17, 15) is 14.9 Å². The van der Waals surface area contributed by atoms with Crippen molar-refractivity contribution in [3.63, 3.8) is 0 Å². The molecule has 0 unspecified atom stereocenters. The number of nitro groups is 1. The third kappa shape index (κ3) is 2.24. The van der Waals surface area contributed by atoms with E-state index in [0.717, 1.165) is 31.5 Å². The summed E-state index contributed by atoms with van der Waals surface area (Å²) in [4.78, 5) is 24.9. The lowest BCUT2D eigenvalue weighted by atomic mass is 9.78. The van der Waals surface area contributed by atoms with E-state index in [1.54, 1.807) is 0 Å². The van der Waals surface area contributed by atoms with E-state index in [2.05, 4.69) is 10.3 Å². The second-order valence-corrected chi connectivity index (χ2v) is 4.69. The Balaban J connectivity index is 2.34. The molecule has 1 fully saturated rings. The molecule has 0 amide bonds. The van der Waals surface area contributed by atoms with Crippen molar-refractivity contribution < 1.29 is 14.8 Å². The predicted octanol–water partition coefficient (Wildman–Crippen LogP) is 2.04. The number of aromatic carboxylic acids is 1. The molecule has 0 atom stereocenters. The molecule has 0 saturated heterocycles. The Labute approximate surface area is 103 Å². The van der Waals surface area contributed by atoms with Gasteiger partial charge in [-0.2, -0.15) is 0 Å². The fourth-order valence-electron chi connectivity index (χ4n) is 1.92. The van der Waals surface area contributed by atoms with Crippen LogP contribution in [0.25, 0.3) is 0 Å². The molecule has 7 heteroatoms. The van der Waals surface area contributed by atoms with Crippen molar-refractivity contribution in [1.29, 1.82) is 0 Å². The Morgan fingerprint density at radius 1 is 1.61 bits per heavy atom. The molecule has 96 valence electrons. The number of nitrogens with zero attached hydrogens (tertiary/aromatic N) is 2. The Morgan fingerprint density at radius 3 is 2.72 bits per heavy atom. The molecule has 1 saturated carbocycles. The van der Waals surface area contributed by atoms with Crippen LogP contribution in [0.2, 0.25) is 0 Å². The highest BCUT2D eigenvalue weighted by Gasteiger charge is 2.34. The van der Waals surface area contributed by atoms with Crippen LogP contribution in [0.5, 0.6) is 0 Å². The van der Waals surface area contributed by atoms with E-state index in [0.29, 0.717) is 0 Å². The number of carboxylic acids is 1. The fourth-order valence-corrected chi connectivity index (χ4v) is 1.92. The fraction of sp³-hybridized carbons (Fsp3) is 0.455. The van der Waals surface area contributed by atoms with Crippen molar-refractivity contribution in [2.45, 2.75) is 31.7 Å². The molecule has 18 heavy (non-hydrogen) atoms. The molecule has 0 bridgehead atoms. The summed E-state index contributed by atoms with van der Waals surface area (Å²) in [6, 6.07) is 1.03. The van der Waals surface area contributed by atoms with Gasteiger partial charge < -0.3 is 10.4 Å². The van der Waals surface area contributed by atoms with Gasteiger partial charge in [-0.05, 0) is 26.2 Å². The number of hydrogen-bond donors (Lipinski definition) is 2. The molecule has 7 nitrogen and oxygen atoms in total. The van der Waals surface area contributed by atoms with Gasteiger partial charge in [0.25, 0.3) is 0 Å². The highest BCUT2D eigenvalue weighted by atomic mass is 16.6. The van der Waals surface area contributed by atoms with Gasteiger partial charge in [0.2, 0.25) is 5.82 Å². The molecule has 1 aromatic heterocycles. The number of nitrogens with one attached hydrogen (secondary N) is 1. The zero-order valence-corrected chi connectivity index (χ0v) is 9.84. The first kappa shape index (κ1) is 12.3. The van der Waals surface area contributed by atoms with Crippen molar-refractivity contribution >= 4 is 17.5 Å². The van der Waals surface area contributed by atoms with Gasteiger partial charge in [0.1, 0.15) is 0 Å². The number of carboxylic acid groups (broad SMARTS) is 1. The summed E-state index contributed by atoms with van der Waals surface area (Å²) in [5, 5.41) is 22.7. The highest BCUT2D eigenvalue weighted by molar-refractivity contribution is 5.88. The van der Waals surface area contributed by atoms with Crippen LogP contribution in [0.4, 0.5) is 11.5 Å². The van der Waals surface area contributed by atoms with Gasteiger partial charge in [0.05, 0.1) is 10.5 Å². The molecule has 1 heterocycles. The molecule has 1 aliphatic carbocycles. The largest absolute Gasteiger partial charge is 0.478 e. The van der Waals surface area contributed by atoms with Gasteiger partial charge in [-0.15, -0.1) is 0 Å². The minimum atomic E-state index is -1.23. The van der Waals surface area contributed by atoms with E-state index >= 15 is 0 Å². The molecular weight excluding hydrogens is 238 g/mol. The van der Waals surface area contributed by atoms with E-state index in [1.165, 1.54) is 0 Å². The van der Waals surface area contributed by atoms with Crippen LogP contribution in [0.15, 0.2) is 12.3 Å². The van der Waals surface area contributed by atoms with Gasteiger partial charge in [-0.3, -0.25) is 10.1 Å². The van der Waals surface area contributed by atoms with Crippen molar-refractivity contribution in [2.75, 3.05) is 5.32 Å². The summed E-state index contributed by atoms with van der Waals surface area (Å²) in [6.45, 7) is 1.97. The zero-order chi connectivity index (χ0) is 13.3. The Morgan fingerprint density at radius 2 is 2.28 bits per heavy atom. The maximum Gasteiger partial charge on any atom is 0.337 e. The quantitative estimate of drug-likeness (QED) is 0.626. The summed E-state index contributed by atoms with van der Waals surface area (Å²) >= 11 is 0. The number of hydrogen-bond acceptors (Lipinski definition) is 5. The smallest absolute Gasteiger partial charge is 0.337 e. The molecule has 2 N–H and O–H groups in total. The van der Waals surface area contributed by atoms with Crippen LogP contribution in [-0.4, -0.2) is 26.5 Å². The first-order valence-electron chi connectivity index (χ1n) is 5.57. The van der Waals surface area contributed by atoms with Crippen LogP contribution in [0, 0.1) is 10.1 Å². The van der Waals surface area contributed by atoms with Crippen molar-refractivity contribution in [3.8, 4) is 0 Å². The minimum Gasteiger partial charge on any atom is -0.478 e. The average Bonchev–Trinajstić information content (AvgIpc) is 2.26. The monoisotopic (exact) mass is 251 g/mol. The zero-order valence-electron chi connectivity index (χ0n) is 9.84. The topological polar surface area (TPSA) is 105 Å². The number of anilines is 1. The Hall–Kier alpha value is -2.18. The van der Waals surface area contributed by atoms with Crippen molar-refractivity contribution in [2.24, 2.45) is 0 Å². The maximum atomic E-state index is 10.9. The lowest BCUT2D eigenvalue weighted by molar-refractivity contribution is -0.384. The number of pyridine rings is 1. The van der Waals surface area contributed by atoms with Crippen LogP contribution >= 0.6 is 0 Å². The highest BCUT2D eigenvalue weighted by Crippen LogP contribution is 2.36. The van der Waals surface area contributed by atoms with Gasteiger partial charge in [-0.1, -0.05) is 0 Å². The molecule has 0 aliphatic heterocycles.